The minimum atomic E-state index is -3.47. The second-order valence-electron chi connectivity index (χ2n) is 13.0. The molecule has 14 heteroatoms. The largest absolute Gasteiger partial charge is 0.508 e. The number of sulfonamides is 1. The molecule has 2 aromatic carbocycles. The number of nitrogens with zero attached hydrogens (tertiary/aromatic N) is 5. The fourth-order valence-electron chi connectivity index (χ4n) is 7.76. The third-order valence-electron chi connectivity index (χ3n) is 9.74. The maximum atomic E-state index is 16.8. The molecule has 3 aliphatic rings. The quantitative estimate of drug-likeness (QED) is 0.271. The third kappa shape index (κ3) is 5.95. The van der Waals surface area contributed by atoms with Gasteiger partial charge >= 0.3 is 6.01 Å². The Labute approximate surface area is 271 Å². The molecule has 4 aromatic rings. The minimum Gasteiger partial charge on any atom is -0.508 e. The van der Waals surface area contributed by atoms with Crippen molar-refractivity contribution in [2.45, 2.75) is 63.2 Å². The van der Waals surface area contributed by atoms with Gasteiger partial charge in [-0.3, -0.25) is 9.88 Å². The van der Waals surface area contributed by atoms with E-state index in [1.165, 1.54) is 30.5 Å². The molecule has 3 fully saturated rings. The summed E-state index contributed by atoms with van der Waals surface area (Å²) in [6.07, 6.45) is 5.22. The van der Waals surface area contributed by atoms with Gasteiger partial charge in [0, 0.05) is 43.9 Å². The number of rotatable bonds is 8. The van der Waals surface area contributed by atoms with Gasteiger partial charge in [-0.15, -0.1) is 0 Å². The van der Waals surface area contributed by atoms with E-state index in [1.807, 2.05) is 4.90 Å². The molecule has 0 bridgehead atoms. The van der Waals surface area contributed by atoms with Crippen molar-refractivity contribution in [2.24, 2.45) is 0 Å². The van der Waals surface area contributed by atoms with Crippen LogP contribution >= 0.6 is 0 Å². The van der Waals surface area contributed by atoms with E-state index in [-0.39, 0.29) is 47.1 Å². The topological polar surface area (TPSA) is 121 Å². The minimum absolute atomic E-state index is 0.0882. The van der Waals surface area contributed by atoms with Crippen LogP contribution in [0.4, 0.5) is 19.0 Å². The number of phenols is 1. The lowest BCUT2D eigenvalue weighted by Gasteiger charge is -2.34. The van der Waals surface area contributed by atoms with E-state index < -0.39 is 39.4 Å². The average molecular weight is 671 g/mol. The summed E-state index contributed by atoms with van der Waals surface area (Å²) in [4.78, 5) is 17.7. The van der Waals surface area contributed by atoms with Gasteiger partial charge in [-0.25, -0.2) is 26.3 Å². The Kier molecular flexibility index (Phi) is 8.16. The lowest BCUT2D eigenvalue weighted by atomic mass is 9.94. The number of aromatic nitrogens is 3. The molecule has 0 aliphatic carbocycles. The maximum Gasteiger partial charge on any atom is 0.319 e. The number of aromatic hydroxyl groups is 1. The summed E-state index contributed by atoms with van der Waals surface area (Å²) in [6, 6.07) is 5.24. The normalized spacial score (nSPS) is 23.6. The van der Waals surface area contributed by atoms with Crippen molar-refractivity contribution in [1.82, 2.24) is 24.6 Å². The fourth-order valence-corrected chi connectivity index (χ4v) is 8.56. The maximum absolute atomic E-state index is 16.8. The van der Waals surface area contributed by atoms with Crippen LogP contribution in [0.25, 0.3) is 32.9 Å². The van der Waals surface area contributed by atoms with Gasteiger partial charge in [0.1, 0.15) is 41.4 Å². The smallest absolute Gasteiger partial charge is 0.319 e. The van der Waals surface area contributed by atoms with Crippen LogP contribution in [0.5, 0.6) is 11.8 Å². The number of alkyl halides is 1. The Morgan fingerprint density at radius 3 is 2.77 bits per heavy atom. The number of anilines is 1. The highest BCUT2D eigenvalue weighted by atomic mass is 32.2. The van der Waals surface area contributed by atoms with E-state index in [2.05, 4.69) is 19.6 Å². The van der Waals surface area contributed by atoms with E-state index in [0.717, 1.165) is 25.6 Å². The second kappa shape index (κ2) is 12.0. The van der Waals surface area contributed by atoms with Crippen LogP contribution in [-0.2, 0) is 16.4 Å². The first kappa shape index (κ1) is 31.8. The highest BCUT2D eigenvalue weighted by Crippen LogP contribution is 2.42. The molecule has 2 N–H and O–H groups in total. The van der Waals surface area contributed by atoms with Gasteiger partial charge < -0.3 is 14.7 Å². The molecule has 0 amide bonds. The first-order valence-corrected chi connectivity index (χ1v) is 17.9. The van der Waals surface area contributed by atoms with Gasteiger partial charge in [-0.05, 0) is 73.2 Å². The number of pyridine rings is 1. The third-order valence-corrected chi connectivity index (χ3v) is 10.5. The van der Waals surface area contributed by atoms with E-state index in [0.29, 0.717) is 60.9 Å². The summed E-state index contributed by atoms with van der Waals surface area (Å²) in [5, 5.41) is 11.8. The Balaban J connectivity index is 1.36. The number of halogens is 3. The highest BCUT2D eigenvalue weighted by Gasteiger charge is 2.49. The first-order valence-electron chi connectivity index (χ1n) is 16.0. The molecule has 2 aromatic heterocycles. The van der Waals surface area contributed by atoms with Gasteiger partial charge in [0.05, 0.1) is 17.2 Å². The van der Waals surface area contributed by atoms with Crippen LogP contribution in [-0.4, -0.2) is 90.2 Å². The summed E-state index contributed by atoms with van der Waals surface area (Å²) < 4.78 is 79.2. The molecule has 0 radical (unpaired) electrons. The predicted octanol–water partition coefficient (Wildman–Crippen LogP) is 4.86. The molecule has 0 saturated carbocycles. The van der Waals surface area contributed by atoms with Gasteiger partial charge in [-0.1, -0.05) is 13.0 Å². The first-order chi connectivity index (χ1) is 22.4. The number of aryl methyl sites for hydroxylation is 1. The summed E-state index contributed by atoms with van der Waals surface area (Å²) in [6.45, 7) is 3.85. The molecule has 10 nitrogen and oxygen atoms in total. The summed E-state index contributed by atoms with van der Waals surface area (Å²) in [7, 11) is -3.47. The van der Waals surface area contributed by atoms with Gasteiger partial charge in [0.25, 0.3) is 0 Å². The van der Waals surface area contributed by atoms with Crippen molar-refractivity contribution in [3.63, 3.8) is 0 Å². The van der Waals surface area contributed by atoms with Crippen LogP contribution in [0.3, 0.4) is 0 Å². The second-order valence-corrected chi connectivity index (χ2v) is 14.8. The molecule has 3 atom stereocenters. The van der Waals surface area contributed by atoms with E-state index in [1.54, 1.807) is 6.92 Å². The molecule has 5 heterocycles. The van der Waals surface area contributed by atoms with Crippen LogP contribution in [0, 0.1) is 11.6 Å². The Morgan fingerprint density at radius 2 is 1.98 bits per heavy atom. The Morgan fingerprint density at radius 1 is 1.15 bits per heavy atom. The van der Waals surface area contributed by atoms with Crippen LogP contribution in [0.1, 0.15) is 44.6 Å². The zero-order chi connectivity index (χ0) is 33.1. The molecule has 0 spiro atoms. The van der Waals surface area contributed by atoms with E-state index in [4.69, 9.17) is 9.72 Å². The van der Waals surface area contributed by atoms with Gasteiger partial charge in [0.15, 0.2) is 5.82 Å². The molecular weight excluding hydrogens is 633 g/mol. The number of hydrogen-bond acceptors (Lipinski definition) is 9. The van der Waals surface area contributed by atoms with Gasteiger partial charge in [0.2, 0.25) is 10.0 Å². The lowest BCUT2D eigenvalue weighted by molar-refractivity contribution is 0.107. The van der Waals surface area contributed by atoms with Crippen LogP contribution < -0.4 is 14.4 Å². The van der Waals surface area contributed by atoms with Crippen LogP contribution in [0.15, 0.2) is 30.5 Å². The number of fused-ring (bicyclic) bond motifs is 3. The predicted molar refractivity (Wildman–Crippen MR) is 173 cm³/mol. The molecule has 7 rings (SSSR count). The Bertz CT molecular complexity index is 1980. The van der Waals surface area contributed by atoms with E-state index in [9.17, 15) is 22.3 Å². The Hall–Kier alpha value is -3.75. The number of benzene rings is 2. The fraction of sp³-hybridized carbons (Fsp3) is 0.485. The van der Waals surface area contributed by atoms with Crippen molar-refractivity contribution in [2.75, 3.05) is 43.9 Å². The molecular formula is C33H37F3N6O4S. The summed E-state index contributed by atoms with van der Waals surface area (Å²) in [5.41, 5.74) is -0.117. The van der Waals surface area contributed by atoms with Crippen molar-refractivity contribution >= 4 is 37.5 Å². The van der Waals surface area contributed by atoms with Gasteiger partial charge in [-0.2, -0.15) is 9.97 Å². The number of nitrogens with one attached hydrogen (secondary N) is 1. The summed E-state index contributed by atoms with van der Waals surface area (Å²) >= 11 is 0. The van der Waals surface area contributed by atoms with Crippen molar-refractivity contribution in [1.29, 1.82) is 0 Å². The molecule has 47 heavy (non-hydrogen) atoms. The zero-order valence-corrected chi connectivity index (χ0v) is 27.1. The zero-order valence-electron chi connectivity index (χ0n) is 26.3. The summed E-state index contributed by atoms with van der Waals surface area (Å²) in [5.74, 6) is -1.05. The monoisotopic (exact) mass is 670 g/mol. The SMILES string of the molecule is CCc1c(F)ccc2cc(O)cc(-c3ncc4c(N5CCCC(NS(C)(=O)=O)C5)nc(OC[C@@]56CCCN5C[C@H](F)C6)nc4c3F)c12. The molecule has 3 saturated heterocycles. The number of hydrogen-bond donors (Lipinski definition) is 2. The number of ether oxygens (including phenoxy) is 1. The number of phenolic OH excluding ortho intramolecular Hbond substituents is 1. The van der Waals surface area contributed by atoms with Crippen molar-refractivity contribution in [3.8, 4) is 23.0 Å². The van der Waals surface area contributed by atoms with Crippen molar-refractivity contribution < 1.29 is 31.4 Å². The lowest BCUT2D eigenvalue weighted by Crippen LogP contribution is -2.47. The number of piperidine rings is 1. The standard InChI is InChI=1S/C33H37F3N6O4S/c1-3-23-26(35)8-7-19-12-22(43)13-24(27(19)23)29-28(36)30-25(15-37-29)31(41-10-4-6-21(17-41)40-47(2,44)45)39-32(38-30)46-18-33-9-5-11-42(33)16-20(34)14-33/h7-8,12-13,15,20-21,40,43H,3-6,9-11,14,16-18H2,1-2H3/t20-,21?,33+/m1/s1. The van der Waals surface area contributed by atoms with E-state index >= 15 is 4.39 Å². The van der Waals surface area contributed by atoms with Crippen LogP contribution in [0.2, 0.25) is 0 Å². The highest BCUT2D eigenvalue weighted by molar-refractivity contribution is 7.88. The van der Waals surface area contributed by atoms with Crippen molar-refractivity contribution in [3.05, 3.63) is 47.7 Å². The molecule has 250 valence electrons. The molecule has 1 unspecified atom stereocenters. The molecule has 3 aliphatic heterocycles. The average Bonchev–Trinajstić information content (AvgIpc) is 3.55.